The summed E-state index contributed by atoms with van der Waals surface area (Å²) in [6.45, 7) is 1.50. The summed E-state index contributed by atoms with van der Waals surface area (Å²) in [4.78, 5) is 13.7. The summed E-state index contributed by atoms with van der Waals surface area (Å²) in [5.41, 5.74) is 7.25. The summed E-state index contributed by atoms with van der Waals surface area (Å²) >= 11 is 0. The minimum atomic E-state index is -0.788. The smallest absolute Gasteiger partial charge is 0.408 e. The third-order valence-corrected chi connectivity index (χ3v) is 3.62. The number of hydrogen-bond donors (Lipinski definition) is 4. The Hall–Kier alpha value is -1.99. The number of rotatable bonds is 3. The van der Waals surface area contributed by atoms with Crippen LogP contribution in [-0.2, 0) is 4.74 Å². The lowest BCUT2D eigenvalue weighted by atomic mass is 9.94. The lowest BCUT2D eigenvalue weighted by Gasteiger charge is -2.32. The predicted molar refractivity (Wildman–Crippen MR) is 74.7 cm³/mol. The Morgan fingerprint density at radius 3 is 2.90 bits per heavy atom. The second-order valence-corrected chi connectivity index (χ2v) is 5.14. The Labute approximate surface area is 114 Å². The first-order valence-corrected chi connectivity index (χ1v) is 6.52. The van der Waals surface area contributed by atoms with Crippen LogP contribution in [0.3, 0.4) is 0 Å². The van der Waals surface area contributed by atoms with Gasteiger partial charge in [-0.15, -0.1) is 0 Å². The van der Waals surface area contributed by atoms with E-state index in [1.807, 2.05) is 0 Å². The first-order chi connectivity index (χ1) is 9.56. The van der Waals surface area contributed by atoms with E-state index in [9.17, 15) is 9.90 Å². The van der Waals surface area contributed by atoms with Crippen LogP contribution in [0.2, 0.25) is 0 Å². The molecule has 0 unspecified atom stereocenters. The van der Waals surface area contributed by atoms with Crippen LogP contribution in [0.25, 0.3) is 11.1 Å². The number of nitrogen functional groups attached to an aromatic ring is 1. The quantitative estimate of drug-likeness (QED) is 0.614. The molecule has 1 saturated heterocycles. The highest BCUT2D eigenvalue weighted by Crippen LogP contribution is 2.26. The maximum atomic E-state index is 11.1. The summed E-state index contributed by atoms with van der Waals surface area (Å²) < 4.78 is 10.2. The molecule has 2 heterocycles. The maximum Gasteiger partial charge on any atom is 0.417 e. The van der Waals surface area contributed by atoms with E-state index < -0.39 is 11.4 Å². The van der Waals surface area contributed by atoms with Gasteiger partial charge >= 0.3 is 5.76 Å². The monoisotopic (exact) mass is 279 g/mol. The molecule has 0 spiro atoms. The molecule has 5 N–H and O–H groups in total. The van der Waals surface area contributed by atoms with Gasteiger partial charge in [0.15, 0.2) is 5.58 Å². The van der Waals surface area contributed by atoms with Crippen LogP contribution in [0.5, 0.6) is 0 Å². The molecule has 1 aromatic heterocycles. The molecule has 108 valence electrons. The van der Waals surface area contributed by atoms with Gasteiger partial charge in [0.25, 0.3) is 0 Å². The van der Waals surface area contributed by atoms with Gasteiger partial charge in [-0.3, -0.25) is 4.98 Å². The predicted octanol–water partition coefficient (Wildman–Crippen LogP) is 0.657. The van der Waals surface area contributed by atoms with Gasteiger partial charge in [-0.2, -0.15) is 0 Å². The van der Waals surface area contributed by atoms with Crippen molar-refractivity contribution >= 4 is 22.5 Å². The van der Waals surface area contributed by atoms with E-state index in [4.69, 9.17) is 14.9 Å². The van der Waals surface area contributed by atoms with Gasteiger partial charge in [-0.25, -0.2) is 4.79 Å². The topological polar surface area (TPSA) is 114 Å². The summed E-state index contributed by atoms with van der Waals surface area (Å²) in [7, 11) is 0. The Morgan fingerprint density at radius 1 is 1.40 bits per heavy atom. The maximum absolute atomic E-state index is 11.1. The van der Waals surface area contributed by atoms with Crippen LogP contribution in [0, 0.1) is 0 Å². The van der Waals surface area contributed by atoms with Crippen LogP contribution in [0.15, 0.2) is 21.3 Å². The molecule has 0 aliphatic carbocycles. The average molecular weight is 279 g/mol. The normalized spacial score (nSPS) is 18.2. The van der Waals surface area contributed by atoms with E-state index in [0.29, 0.717) is 55.1 Å². The Kier molecular flexibility index (Phi) is 3.15. The van der Waals surface area contributed by atoms with Crippen LogP contribution >= 0.6 is 0 Å². The average Bonchev–Trinajstić information content (AvgIpc) is 2.76. The van der Waals surface area contributed by atoms with Crippen LogP contribution in [0.1, 0.15) is 12.8 Å². The van der Waals surface area contributed by atoms with E-state index >= 15 is 0 Å². The van der Waals surface area contributed by atoms with Gasteiger partial charge in [0.1, 0.15) is 0 Å². The molecule has 1 aliphatic heterocycles. The van der Waals surface area contributed by atoms with Crippen LogP contribution in [0.4, 0.5) is 11.4 Å². The number of aliphatic hydroxyl groups is 1. The number of aromatic amines is 1. The molecule has 0 radical (unpaired) electrons. The number of ether oxygens (including phenoxy) is 1. The second kappa shape index (κ2) is 4.84. The molecular formula is C13H17N3O4. The lowest BCUT2D eigenvalue weighted by molar-refractivity contribution is -0.0543. The summed E-state index contributed by atoms with van der Waals surface area (Å²) in [5.74, 6) is -0.514. The van der Waals surface area contributed by atoms with E-state index in [2.05, 4.69) is 10.3 Å². The number of H-pyrrole nitrogens is 1. The van der Waals surface area contributed by atoms with E-state index in [1.165, 1.54) is 0 Å². The highest BCUT2D eigenvalue weighted by Gasteiger charge is 2.29. The fourth-order valence-corrected chi connectivity index (χ4v) is 2.35. The van der Waals surface area contributed by atoms with Crippen molar-refractivity contribution in [1.82, 2.24) is 4.98 Å². The van der Waals surface area contributed by atoms with Crippen LogP contribution < -0.4 is 16.8 Å². The number of nitrogens with one attached hydrogen (secondary N) is 2. The van der Waals surface area contributed by atoms with Crippen molar-refractivity contribution in [1.29, 1.82) is 0 Å². The van der Waals surface area contributed by atoms with Gasteiger partial charge < -0.3 is 25.3 Å². The number of aromatic nitrogens is 1. The molecule has 1 fully saturated rings. The van der Waals surface area contributed by atoms with Gasteiger partial charge in [0.05, 0.1) is 22.5 Å². The molecule has 7 heteroatoms. The fraction of sp³-hybridized carbons (Fsp3) is 0.462. The third-order valence-electron chi connectivity index (χ3n) is 3.62. The van der Waals surface area contributed by atoms with Crippen molar-refractivity contribution in [2.45, 2.75) is 18.4 Å². The molecule has 1 aliphatic rings. The number of oxazole rings is 1. The van der Waals surface area contributed by atoms with Crippen molar-refractivity contribution in [3.63, 3.8) is 0 Å². The molecular weight excluding hydrogens is 262 g/mol. The Balaban J connectivity index is 1.79. The van der Waals surface area contributed by atoms with Crippen molar-refractivity contribution in [2.24, 2.45) is 0 Å². The molecule has 7 nitrogen and oxygen atoms in total. The minimum Gasteiger partial charge on any atom is -0.408 e. The number of nitrogens with two attached hydrogens (primary N) is 1. The second-order valence-electron chi connectivity index (χ2n) is 5.14. The molecule has 3 rings (SSSR count). The lowest BCUT2D eigenvalue weighted by Crippen LogP contribution is -2.42. The summed E-state index contributed by atoms with van der Waals surface area (Å²) in [6, 6.07) is 3.29. The molecule has 0 atom stereocenters. The highest BCUT2D eigenvalue weighted by molar-refractivity contribution is 5.85. The molecule has 0 saturated carbocycles. The number of benzene rings is 1. The third kappa shape index (κ3) is 2.50. The fourth-order valence-electron chi connectivity index (χ4n) is 2.35. The van der Waals surface area contributed by atoms with E-state index in [-0.39, 0.29) is 0 Å². The number of hydrogen-bond acceptors (Lipinski definition) is 6. The van der Waals surface area contributed by atoms with Gasteiger partial charge in [0.2, 0.25) is 0 Å². The van der Waals surface area contributed by atoms with Crippen molar-refractivity contribution in [3.8, 4) is 0 Å². The van der Waals surface area contributed by atoms with Gasteiger partial charge in [-0.1, -0.05) is 0 Å². The molecule has 1 aromatic carbocycles. The zero-order valence-electron chi connectivity index (χ0n) is 10.9. The van der Waals surface area contributed by atoms with E-state index in [1.54, 1.807) is 12.1 Å². The zero-order chi connectivity index (χ0) is 14.2. The van der Waals surface area contributed by atoms with E-state index in [0.717, 1.165) is 0 Å². The number of fused-ring (bicyclic) bond motifs is 1. The first-order valence-electron chi connectivity index (χ1n) is 6.52. The highest BCUT2D eigenvalue weighted by atomic mass is 16.5. The minimum absolute atomic E-state index is 0.383. The molecule has 2 aromatic rings. The largest absolute Gasteiger partial charge is 0.417 e. The number of anilines is 2. The van der Waals surface area contributed by atoms with Gasteiger partial charge in [0, 0.05) is 38.7 Å². The molecule has 0 bridgehead atoms. The zero-order valence-corrected chi connectivity index (χ0v) is 10.9. The first kappa shape index (κ1) is 13.0. The summed E-state index contributed by atoms with van der Waals surface area (Å²) in [5, 5.41) is 13.5. The summed E-state index contributed by atoms with van der Waals surface area (Å²) in [6.07, 6.45) is 1.18. The molecule has 0 amide bonds. The standard InChI is InChI=1S/C13H17N3O4/c14-8-5-11-10(16-12(17)20-11)6-9(8)15-7-13(18)1-3-19-4-2-13/h5-6,15,18H,1-4,7,14H2,(H,16,17). The van der Waals surface area contributed by atoms with Crippen molar-refractivity contribution in [2.75, 3.05) is 30.8 Å². The van der Waals surface area contributed by atoms with Gasteiger partial charge in [-0.05, 0) is 6.07 Å². The Bertz CT molecular complexity index is 670. The molecule has 20 heavy (non-hydrogen) atoms. The van der Waals surface area contributed by atoms with Crippen LogP contribution in [-0.4, -0.2) is 35.5 Å². The Morgan fingerprint density at radius 2 is 2.15 bits per heavy atom. The SMILES string of the molecule is Nc1cc2oc(=O)[nH]c2cc1NCC1(O)CCOCC1. The van der Waals surface area contributed by atoms with Crippen molar-refractivity contribution in [3.05, 3.63) is 22.7 Å². The van der Waals surface area contributed by atoms with Crippen molar-refractivity contribution < 1.29 is 14.3 Å².